The van der Waals surface area contributed by atoms with Crippen LogP contribution in [0.5, 0.6) is 0 Å². The fourth-order valence-electron chi connectivity index (χ4n) is 2.97. The standard InChI is InChI=1S/C16H27NO2S/c1-3-4-8-13-15(18)16(19-2)14(20-13)9-12-17-10-6-5-7-11-17/h13H,3-12H2,1-2H3. The van der Waals surface area contributed by atoms with Crippen molar-refractivity contribution in [3.63, 3.8) is 0 Å². The molecule has 4 heteroatoms. The molecule has 1 atom stereocenters. The zero-order chi connectivity index (χ0) is 14.4. The Morgan fingerprint density at radius 3 is 2.70 bits per heavy atom. The van der Waals surface area contributed by atoms with Crippen LogP contribution in [0.2, 0.25) is 0 Å². The quantitative estimate of drug-likeness (QED) is 0.718. The van der Waals surface area contributed by atoms with Crippen molar-refractivity contribution in [2.75, 3.05) is 26.7 Å². The molecule has 0 bridgehead atoms. The molecule has 20 heavy (non-hydrogen) atoms. The summed E-state index contributed by atoms with van der Waals surface area (Å²) in [6.07, 6.45) is 8.25. The van der Waals surface area contributed by atoms with Crippen molar-refractivity contribution >= 4 is 17.5 Å². The van der Waals surface area contributed by atoms with E-state index in [0.717, 1.165) is 32.2 Å². The Kier molecular flexibility index (Phi) is 6.43. The number of methoxy groups -OCH3 is 1. The van der Waals surface area contributed by atoms with Crippen LogP contribution in [0.4, 0.5) is 0 Å². The Balaban J connectivity index is 1.87. The maximum atomic E-state index is 12.3. The van der Waals surface area contributed by atoms with Crippen LogP contribution in [0.1, 0.15) is 51.9 Å². The summed E-state index contributed by atoms with van der Waals surface area (Å²) >= 11 is 1.76. The number of piperidine rings is 1. The Labute approximate surface area is 127 Å². The van der Waals surface area contributed by atoms with Crippen LogP contribution < -0.4 is 0 Å². The van der Waals surface area contributed by atoms with Crippen LogP contribution >= 0.6 is 11.8 Å². The number of Topliss-reactive ketones (excluding diaryl/α,β-unsaturated/α-hetero) is 1. The van der Waals surface area contributed by atoms with Gasteiger partial charge in [0.1, 0.15) is 0 Å². The lowest BCUT2D eigenvalue weighted by molar-refractivity contribution is -0.117. The molecule has 0 aliphatic carbocycles. The van der Waals surface area contributed by atoms with Gasteiger partial charge in [-0.25, -0.2) is 0 Å². The molecule has 2 heterocycles. The van der Waals surface area contributed by atoms with E-state index >= 15 is 0 Å². The molecule has 0 radical (unpaired) electrons. The van der Waals surface area contributed by atoms with Gasteiger partial charge < -0.3 is 9.64 Å². The van der Waals surface area contributed by atoms with Crippen molar-refractivity contribution in [1.29, 1.82) is 0 Å². The van der Waals surface area contributed by atoms with E-state index in [2.05, 4.69) is 11.8 Å². The second-order valence-corrected chi connectivity index (χ2v) is 7.02. The summed E-state index contributed by atoms with van der Waals surface area (Å²) in [5, 5.41) is 0.112. The molecule has 0 aromatic rings. The van der Waals surface area contributed by atoms with Gasteiger partial charge in [-0.2, -0.15) is 0 Å². The smallest absolute Gasteiger partial charge is 0.211 e. The lowest BCUT2D eigenvalue weighted by Crippen LogP contribution is -2.30. The van der Waals surface area contributed by atoms with Crippen molar-refractivity contribution in [3.05, 3.63) is 10.7 Å². The highest BCUT2D eigenvalue weighted by atomic mass is 32.2. The number of likely N-dealkylation sites (tertiary alicyclic amines) is 1. The Bertz CT molecular complexity index is 361. The number of hydrogen-bond acceptors (Lipinski definition) is 4. The third kappa shape index (κ3) is 4.01. The number of allylic oxidation sites excluding steroid dienone is 1. The van der Waals surface area contributed by atoms with Crippen molar-refractivity contribution in [1.82, 2.24) is 4.90 Å². The van der Waals surface area contributed by atoms with Crippen molar-refractivity contribution in [2.45, 2.75) is 57.1 Å². The molecule has 0 aromatic carbocycles. The van der Waals surface area contributed by atoms with Gasteiger partial charge in [-0.3, -0.25) is 4.79 Å². The third-order valence-electron chi connectivity index (χ3n) is 4.18. The van der Waals surface area contributed by atoms with E-state index in [9.17, 15) is 4.79 Å². The Morgan fingerprint density at radius 1 is 1.30 bits per heavy atom. The minimum atomic E-state index is 0.112. The van der Waals surface area contributed by atoms with Gasteiger partial charge in [0.05, 0.1) is 12.4 Å². The van der Waals surface area contributed by atoms with E-state index in [4.69, 9.17) is 4.74 Å². The summed E-state index contributed by atoms with van der Waals surface area (Å²) in [6.45, 7) is 5.68. The number of thioether (sulfide) groups is 1. The van der Waals surface area contributed by atoms with Crippen LogP contribution in [-0.4, -0.2) is 42.7 Å². The Morgan fingerprint density at radius 2 is 2.05 bits per heavy atom. The largest absolute Gasteiger partial charge is 0.492 e. The number of ether oxygens (including phenoxy) is 1. The molecule has 0 aromatic heterocycles. The summed E-state index contributed by atoms with van der Waals surface area (Å²) in [7, 11) is 1.64. The molecular weight excluding hydrogens is 270 g/mol. The van der Waals surface area contributed by atoms with Gasteiger partial charge in [0, 0.05) is 11.4 Å². The topological polar surface area (TPSA) is 29.5 Å². The first-order valence-electron chi connectivity index (χ1n) is 7.96. The summed E-state index contributed by atoms with van der Waals surface area (Å²) in [6, 6.07) is 0. The van der Waals surface area contributed by atoms with Crippen LogP contribution in [-0.2, 0) is 9.53 Å². The molecule has 3 nitrogen and oxygen atoms in total. The number of unbranched alkanes of at least 4 members (excludes halogenated alkanes) is 1. The number of nitrogens with zero attached hydrogens (tertiary/aromatic N) is 1. The average Bonchev–Trinajstić information content (AvgIpc) is 2.79. The first-order valence-corrected chi connectivity index (χ1v) is 8.84. The second kappa shape index (κ2) is 8.08. The SMILES string of the molecule is CCCCC1SC(CCN2CCCCC2)=C(OC)C1=O. The second-order valence-electron chi connectivity index (χ2n) is 5.72. The molecule has 0 spiro atoms. The molecule has 2 rings (SSSR count). The summed E-state index contributed by atoms with van der Waals surface area (Å²) < 4.78 is 5.38. The molecule has 1 unspecified atom stereocenters. The molecule has 114 valence electrons. The van der Waals surface area contributed by atoms with Gasteiger partial charge in [-0.05, 0) is 38.8 Å². The Hall–Kier alpha value is -0.480. The first-order chi connectivity index (χ1) is 9.76. The van der Waals surface area contributed by atoms with E-state index in [0.29, 0.717) is 5.76 Å². The van der Waals surface area contributed by atoms with Gasteiger partial charge >= 0.3 is 0 Å². The van der Waals surface area contributed by atoms with Gasteiger partial charge in [-0.15, -0.1) is 11.8 Å². The predicted octanol–water partition coefficient (Wildman–Crippen LogP) is 3.60. The van der Waals surface area contributed by atoms with E-state index in [1.807, 2.05) is 0 Å². The van der Waals surface area contributed by atoms with Crippen LogP contribution in [0.15, 0.2) is 10.7 Å². The maximum absolute atomic E-state index is 12.3. The number of carbonyl (C=O) groups is 1. The number of hydrogen-bond donors (Lipinski definition) is 0. The van der Waals surface area contributed by atoms with Crippen LogP contribution in [0.3, 0.4) is 0 Å². The third-order valence-corrected chi connectivity index (χ3v) is 5.59. The predicted molar refractivity (Wildman–Crippen MR) is 84.9 cm³/mol. The minimum Gasteiger partial charge on any atom is -0.492 e. The molecule has 2 aliphatic rings. The highest BCUT2D eigenvalue weighted by molar-refractivity contribution is 8.04. The number of carbonyl (C=O) groups excluding carboxylic acids is 1. The number of ketones is 1. The van der Waals surface area contributed by atoms with Crippen molar-refractivity contribution in [3.8, 4) is 0 Å². The van der Waals surface area contributed by atoms with Crippen LogP contribution in [0, 0.1) is 0 Å². The first kappa shape index (κ1) is 15.9. The lowest BCUT2D eigenvalue weighted by Gasteiger charge is -2.26. The van der Waals surface area contributed by atoms with Gasteiger partial charge in [0.2, 0.25) is 5.78 Å². The van der Waals surface area contributed by atoms with E-state index in [1.54, 1.807) is 18.9 Å². The van der Waals surface area contributed by atoms with Crippen molar-refractivity contribution < 1.29 is 9.53 Å². The fourth-order valence-corrected chi connectivity index (χ4v) is 4.31. The molecule has 2 aliphatic heterocycles. The molecule has 1 saturated heterocycles. The van der Waals surface area contributed by atoms with E-state index in [-0.39, 0.29) is 11.0 Å². The average molecular weight is 297 g/mol. The zero-order valence-electron chi connectivity index (χ0n) is 12.8. The normalized spacial score (nSPS) is 24.5. The highest BCUT2D eigenvalue weighted by Crippen LogP contribution is 2.39. The fraction of sp³-hybridized carbons (Fsp3) is 0.812. The lowest BCUT2D eigenvalue weighted by atomic mass is 10.1. The van der Waals surface area contributed by atoms with Crippen molar-refractivity contribution in [2.24, 2.45) is 0 Å². The summed E-state index contributed by atoms with van der Waals surface area (Å²) in [5.41, 5.74) is 0. The minimum absolute atomic E-state index is 0.112. The van der Waals surface area contributed by atoms with Gasteiger partial charge in [0.25, 0.3) is 0 Å². The van der Waals surface area contributed by atoms with Gasteiger partial charge in [-0.1, -0.05) is 26.2 Å². The zero-order valence-corrected chi connectivity index (χ0v) is 13.6. The summed E-state index contributed by atoms with van der Waals surface area (Å²) in [5.74, 6) is 0.868. The molecule has 0 N–H and O–H groups in total. The summed E-state index contributed by atoms with van der Waals surface area (Å²) in [4.78, 5) is 16.0. The molecular formula is C16H27NO2S. The number of rotatable bonds is 7. The van der Waals surface area contributed by atoms with E-state index in [1.165, 1.54) is 37.3 Å². The molecule has 0 saturated carbocycles. The molecule has 0 amide bonds. The maximum Gasteiger partial charge on any atom is 0.211 e. The highest BCUT2D eigenvalue weighted by Gasteiger charge is 2.34. The van der Waals surface area contributed by atoms with Crippen LogP contribution in [0.25, 0.3) is 0 Å². The van der Waals surface area contributed by atoms with E-state index < -0.39 is 0 Å². The monoisotopic (exact) mass is 297 g/mol. The molecule has 1 fully saturated rings. The van der Waals surface area contributed by atoms with Gasteiger partial charge in [0.15, 0.2) is 5.76 Å².